The average molecular weight is 357 g/mol. The largest absolute Gasteiger partial charge is 0.393 e. The quantitative estimate of drug-likeness (QED) is 0.768. The number of hydrogen-bond acceptors (Lipinski definition) is 4. The van der Waals surface area contributed by atoms with Crippen molar-refractivity contribution < 1.29 is 9.84 Å². The third-order valence-corrected chi connectivity index (χ3v) is 4.66. The van der Waals surface area contributed by atoms with Crippen molar-refractivity contribution in [2.75, 3.05) is 38.3 Å². The first-order valence-corrected chi connectivity index (χ1v) is 8.32. The minimum atomic E-state index is -0.163. The van der Waals surface area contributed by atoms with E-state index in [-0.39, 0.29) is 6.10 Å². The van der Waals surface area contributed by atoms with Crippen LogP contribution in [0.15, 0.2) is 22.7 Å². The number of halogens is 1. The zero-order valence-corrected chi connectivity index (χ0v) is 14.4. The highest BCUT2D eigenvalue weighted by molar-refractivity contribution is 9.10. The Bertz CT molecular complexity index is 456. The van der Waals surface area contributed by atoms with Gasteiger partial charge in [0, 0.05) is 37.8 Å². The van der Waals surface area contributed by atoms with Crippen molar-refractivity contribution in [2.45, 2.75) is 26.0 Å². The van der Waals surface area contributed by atoms with Crippen LogP contribution in [0.1, 0.15) is 18.9 Å². The summed E-state index contributed by atoms with van der Waals surface area (Å²) in [6, 6.07) is 6.50. The van der Waals surface area contributed by atoms with Gasteiger partial charge in [-0.25, -0.2) is 0 Å². The molecular formula is C16H25BrN2O2. The lowest BCUT2D eigenvalue weighted by atomic mass is 9.96. The number of nitrogens with one attached hydrogen (secondary N) is 1. The van der Waals surface area contributed by atoms with Crippen LogP contribution in [0.2, 0.25) is 0 Å². The Morgan fingerprint density at radius 2 is 2.29 bits per heavy atom. The fourth-order valence-corrected chi connectivity index (χ4v) is 3.35. The van der Waals surface area contributed by atoms with Gasteiger partial charge in [-0.2, -0.15) is 0 Å². The number of benzene rings is 1. The molecule has 0 spiro atoms. The zero-order chi connectivity index (χ0) is 15.2. The number of methoxy groups -OCH3 is 1. The summed E-state index contributed by atoms with van der Waals surface area (Å²) in [7, 11) is 1.71. The second-order valence-electron chi connectivity index (χ2n) is 5.73. The minimum Gasteiger partial charge on any atom is -0.393 e. The summed E-state index contributed by atoms with van der Waals surface area (Å²) in [5, 5.41) is 13.2. The van der Waals surface area contributed by atoms with Crippen molar-refractivity contribution in [2.24, 2.45) is 5.92 Å². The van der Waals surface area contributed by atoms with Gasteiger partial charge in [-0.15, -0.1) is 0 Å². The summed E-state index contributed by atoms with van der Waals surface area (Å²) in [5.41, 5.74) is 2.47. The molecule has 1 fully saturated rings. The lowest BCUT2D eigenvalue weighted by Crippen LogP contribution is -2.42. The lowest BCUT2D eigenvalue weighted by Gasteiger charge is -2.36. The van der Waals surface area contributed by atoms with Crippen LogP contribution in [0.25, 0.3) is 0 Å². The summed E-state index contributed by atoms with van der Waals surface area (Å²) < 4.78 is 6.14. The Morgan fingerprint density at radius 3 is 2.95 bits per heavy atom. The van der Waals surface area contributed by atoms with E-state index in [0.29, 0.717) is 5.92 Å². The van der Waals surface area contributed by atoms with Gasteiger partial charge >= 0.3 is 0 Å². The fraction of sp³-hybridized carbons (Fsp3) is 0.625. The fourth-order valence-electron chi connectivity index (χ4n) is 2.68. The summed E-state index contributed by atoms with van der Waals surface area (Å²) in [6.45, 7) is 6.36. The molecule has 0 saturated carbocycles. The van der Waals surface area contributed by atoms with Gasteiger partial charge in [0.1, 0.15) is 0 Å². The third-order valence-electron chi connectivity index (χ3n) is 4.02. The number of anilines is 1. The molecule has 1 aliphatic heterocycles. The van der Waals surface area contributed by atoms with Crippen molar-refractivity contribution in [1.29, 1.82) is 0 Å². The molecule has 2 atom stereocenters. The standard InChI is InChI=1S/C16H25BrN2O2/c1-12-11-19(7-5-16(12)20)15-4-3-13(9-14(15)17)10-18-6-8-21-2/h3-4,9,12,16,18,20H,5-8,10-11H2,1-2H3. The van der Waals surface area contributed by atoms with Crippen molar-refractivity contribution in [3.63, 3.8) is 0 Å². The molecule has 0 radical (unpaired) electrons. The summed E-state index contributed by atoms with van der Waals surface area (Å²) in [4.78, 5) is 2.35. The van der Waals surface area contributed by atoms with Gasteiger partial charge in [0.25, 0.3) is 0 Å². The van der Waals surface area contributed by atoms with Crippen molar-refractivity contribution in [1.82, 2.24) is 5.32 Å². The predicted molar refractivity (Wildman–Crippen MR) is 89.7 cm³/mol. The normalized spacial score (nSPS) is 22.6. The summed E-state index contributed by atoms with van der Waals surface area (Å²) in [5.74, 6) is 0.320. The molecule has 4 nitrogen and oxygen atoms in total. The van der Waals surface area contributed by atoms with E-state index in [4.69, 9.17) is 4.74 Å². The van der Waals surface area contributed by atoms with Gasteiger partial charge in [0.15, 0.2) is 0 Å². The molecule has 0 aromatic heterocycles. The molecule has 118 valence electrons. The van der Waals surface area contributed by atoms with E-state index in [1.807, 2.05) is 0 Å². The smallest absolute Gasteiger partial charge is 0.0599 e. The lowest BCUT2D eigenvalue weighted by molar-refractivity contribution is 0.0970. The first-order valence-electron chi connectivity index (χ1n) is 7.53. The van der Waals surface area contributed by atoms with Crippen LogP contribution in [-0.4, -0.2) is 44.6 Å². The Kier molecular flexibility index (Phi) is 6.48. The summed E-state index contributed by atoms with van der Waals surface area (Å²) >= 11 is 3.68. The highest BCUT2D eigenvalue weighted by Gasteiger charge is 2.25. The number of nitrogens with zero attached hydrogens (tertiary/aromatic N) is 1. The maximum atomic E-state index is 9.84. The Labute approximate surface area is 135 Å². The zero-order valence-electron chi connectivity index (χ0n) is 12.8. The number of hydrogen-bond donors (Lipinski definition) is 2. The van der Waals surface area contributed by atoms with Gasteiger partial charge in [-0.3, -0.25) is 0 Å². The molecule has 1 aliphatic rings. The van der Waals surface area contributed by atoms with Crippen molar-refractivity contribution in [3.8, 4) is 0 Å². The molecule has 2 N–H and O–H groups in total. The third kappa shape index (κ3) is 4.68. The number of rotatable bonds is 6. The Hall–Kier alpha value is -0.620. The molecule has 2 rings (SSSR count). The highest BCUT2D eigenvalue weighted by atomic mass is 79.9. The van der Waals surface area contributed by atoms with Crippen LogP contribution in [0.5, 0.6) is 0 Å². The van der Waals surface area contributed by atoms with E-state index in [1.165, 1.54) is 11.3 Å². The number of aliphatic hydroxyl groups excluding tert-OH is 1. The van der Waals surface area contributed by atoms with E-state index in [0.717, 1.165) is 43.7 Å². The van der Waals surface area contributed by atoms with Gasteiger partial charge in [0.2, 0.25) is 0 Å². The van der Waals surface area contributed by atoms with Crippen LogP contribution in [0.4, 0.5) is 5.69 Å². The van der Waals surface area contributed by atoms with Gasteiger partial charge < -0.3 is 20.1 Å². The van der Waals surface area contributed by atoms with E-state index >= 15 is 0 Å². The van der Waals surface area contributed by atoms with Crippen LogP contribution in [-0.2, 0) is 11.3 Å². The molecule has 0 bridgehead atoms. The molecule has 21 heavy (non-hydrogen) atoms. The van der Waals surface area contributed by atoms with Gasteiger partial charge in [0.05, 0.1) is 18.4 Å². The minimum absolute atomic E-state index is 0.163. The van der Waals surface area contributed by atoms with Crippen molar-refractivity contribution in [3.05, 3.63) is 28.2 Å². The molecule has 2 unspecified atom stereocenters. The maximum absolute atomic E-state index is 9.84. The second kappa shape index (κ2) is 8.13. The number of aliphatic hydroxyl groups is 1. The summed E-state index contributed by atoms with van der Waals surface area (Å²) in [6.07, 6.45) is 0.679. The highest BCUT2D eigenvalue weighted by Crippen LogP contribution is 2.31. The Morgan fingerprint density at radius 1 is 1.48 bits per heavy atom. The van der Waals surface area contributed by atoms with Gasteiger partial charge in [-0.1, -0.05) is 13.0 Å². The molecule has 1 aromatic rings. The first-order chi connectivity index (χ1) is 10.1. The van der Waals surface area contributed by atoms with E-state index in [9.17, 15) is 5.11 Å². The average Bonchev–Trinajstić information content (AvgIpc) is 2.47. The Balaban J connectivity index is 1.95. The van der Waals surface area contributed by atoms with Gasteiger partial charge in [-0.05, 0) is 46.0 Å². The van der Waals surface area contributed by atoms with E-state index in [2.05, 4.69) is 51.3 Å². The predicted octanol–water partition coefficient (Wildman–Crippen LogP) is 2.39. The van der Waals surface area contributed by atoms with Crippen molar-refractivity contribution >= 4 is 21.6 Å². The second-order valence-corrected chi connectivity index (χ2v) is 6.59. The number of piperidine rings is 1. The van der Waals surface area contributed by atoms with Crippen LogP contribution in [0.3, 0.4) is 0 Å². The topological polar surface area (TPSA) is 44.7 Å². The first kappa shape index (κ1) is 16.7. The molecule has 5 heteroatoms. The maximum Gasteiger partial charge on any atom is 0.0599 e. The molecule has 1 aromatic carbocycles. The molecule has 1 saturated heterocycles. The molecule has 0 amide bonds. The number of ether oxygens (including phenoxy) is 1. The van der Waals surface area contributed by atoms with Crippen LogP contribution in [0, 0.1) is 5.92 Å². The van der Waals surface area contributed by atoms with E-state index in [1.54, 1.807) is 7.11 Å². The van der Waals surface area contributed by atoms with Crippen LogP contribution < -0.4 is 10.2 Å². The molecule has 1 heterocycles. The SMILES string of the molecule is COCCNCc1ccc(N2CCC(O)C(C)C2)c(Br)c1. The van der Waals surface area contributed by atoms with E-state index < -0.39 is 0 Å². The van der Waals surface area contributed by atoms with Crippen LogP contribution >= 0.6 is 15.9 Å². The molecule has 0 aliphatic carbocycles. The monoisotopic (exact) mass is 356 g/mol. The molecular weight excluding hydrogens is 332 g/mol.